The Morgan fingerprint density at radius 1 is 0.638 bits per heavy atom. The number of allylic oxidation sites excluding steroid dienone is 4. The second-order valence-electron chi connectivity index (χ2n) is 11.5. The maximum absolute atomic E-state index is 9.25. The number of para-hydroxylation sites is 2. The molecule has 0 radical (unpaired) electrons. The third-order valence-electron chi connectivity index (χ3n) is 8.70. The molecule has 2 aliphatic rings. The summed E-state index contributed by atoms with van der Waals surface area (Å²) >= 11 is 0. The van der Waals surface area contributed by atoms with Gasteiger partial charge >= 0.3 is 0 Å². The molecule has 1 unspecified atom stereocenters. The zero-order valence-corrected chi connectivity index (χ0v) is 25.0. The summed E-state index contributed by atoms with van der Waals surface area (Å²) < 4.78 is 12.9. The molecule has 3 heterocycles. The molecule has 0 N–H and O–H groups in total. The van der Waals surface area contributed by atoms with Gasteiger partial charge in [-0.3, -0.25) is 0 Å². The van der Waals surface area contributed by atoms with Gasteiger partial charge in [-0.25, -0.2) is 15.0 Å². The van der Waals surface area contributed by atoms with Crippen molar-refractivity contribution in [3.63, 3.8) is 0 Å². The summed E-state index contributed by atoms with van der Waals surface area (Å²) in [5.41, 5.74) is 10.1. The molecule has 5 aromatic carbocycles. The summed E-state index contributed by atoms with van der Waals surface area (Å²) in [5.74, 6) is 1.97. The van der Waals surface area contributed by atoms with Crippen LogP contribution in [0.3, 0.4) is 0 Å². The first-order chi connectivity index (χ1) is 23.2. The number of hydrogen-bond donors (Lipinski definition) is 0. The minimum atomic E-state index is -0.0989. The molecular formula is C41H24N4O2. The molecule has 1 aliphatic carbocycles. The lowest BCUT2D eigenvalue weighted by atomic mass is 9.98. The van der Waals surface area contributed by atoms with Crippen molar-refractivity contribution in [1.82, 2.24) is 15.0 Å². The Bertz CT molecular complexity index is 2510. The maximum atomic E-state index is 9.25. The number of ether oxygens (including phenoxy) is 1. The van der Waals surface area contributed by atoms with Crippen LogP contribution in [0.1, 0.15) is 11.1 Å². The van der Waals surface area contributed by atoms with E-state index < -0.39 is 0 Å². The first-order valence-corrected chi connectivity index (χ1v) is 15.3. The molecule has 0 amide bonds. The number of nitrogens with zero attached hydrogens (tertiary/aromatic N) is 4. The lowest BCUT2D eigenvalue weighted by molar-refractivity contribution is 0.292. The molecule has 7 aromatic rings. The molecule has 0 saturated heterocycles. The van der Waals surface area contributed by atoms with Crippen molar-refractivity contribution in [1.29, 1.82) is 5.26 Å². The molecule has 6 nitrogen and oxygen atoms in total. The molecule has 47 heavy (non-hydrogen) atoms. The average molecular weight is 605 g/mol. The smallest absolute Gasteiger partial charge is 0.163 e. The fraction of sp³-hybridized carbons (Fsp3) is 0.0244. The third-order valence-corrected chi connectivity index (χ3v) is 8.70. The molecule has 2 aromatic heterocycles. The van der Waals surface area contributed by atoms with Gasteiger partial charge in [-0.1, -0.05) is 91.0 Å². The van der Waals surface area contributed by atoms with Crippen LogP contribution in [0.5, 0.6) is 5.75 Å². The van der Waals surface area contributed by atoms with E-state index in [1.54, 1.807) is 6.33 Å². The van der Waals surface area contributed by atoms with Crippen LogP contribution in [0.4, 0.5) is 0 Å². The van der Waals surface area contributed by atoms with Crippen LogP contribution in [-0.2, 0) is 0 Å². The van der Waals surface area contributed by atoms with Crippen LogP contribution in [0.25, 0.3) is 72.5 Å². The molecule has 0 saturated carbocycles. The number of furan rings is 1. The number of hydrogen-bond acceptors (Lipinski definition) is 6. The van der Waals surface area contributed by atoms with Gasteiger partial charge in [0.15, 0.2) is 11.6 Å². The molecular weight excluding hydrogens is 580 g/mol. The lowest BCUT2D eigenvalue weighted by Gasteiger charge is -2.22. The van der Waals surface area contributed by atoms with Crippen LogP contribution in [0.2, 0.25) is 0 Å². The molecule has 0 fully saturated rings. The van der Waals surface area contributed by atoms with Crippen molar-refractivity contribution in [2.24, 2.45) is 0 Å². The molecule has 9 rings (SSSR count). The highest BCUT2D eigenvalue weighted by Crippen LogP contribution is 2.41. The fourth-order valence-electron chi connectivity index (χ4n) is 6.42. The zero-order valence-electron chi connectivity index (χ0n) is 25.0. The molecule has 220 valence electrons. The molecule has 1 atom stereocenters. The second kappa shape index (κ2) is 10.8. The van der Waals surface area contributed by atoms with Gasteiger partial charge in [0.25, 0.3) is 0 Å². The molecule has 1 aliphatic heterocycles. The average Bonchev–Trinajstić information content (AvgIpc) is 3.41. The number of benzene rings is 5. The van der Waals surface area contributed by atoms with Crippen molar-refractivity contribution < 1.29 is 9.15 Å². The number of aromatic nitrogens is 3. The van der Waals surface area contributed by atoms with E-state index in [1.807, 2.05) is 72.8 Å². The maximum Gasteiger partial charge on any atom is 0.163 e. The first kappa shape index (κ1) is 26.8. The fourth-order valence-corrected chi connectivity index (χ4v) is 6.42. The van der Waals surface area contributed by atoms with Crippen molar-refractivity contribution in [3.05, 3.63) is 151 Å². The number of rotatable bonds is 4. The van der Waals surface area contributed by atoms with E-state index in [-0.39, 0.29) is 6.10 Å². The Morgan fingerprint density at radius 2 is 1.32 bits per heavy atom. The topological polar surface area (TPSA) is 84.8 Å². The van der Waals surface area contributed by atoms with Gasteiger partial charge in [0.2, 0.25) is 0 Å². The second-order valence-corrected chi connectivity index (χ2v) is 11.5. The van der Waals surface area contributed by atoms with Gasteiger partial charge in [-0.05, 0) is 59.2 Å². The van der Waals surface area contributed by atoms with E-state index in [0.717, 1.165) is 72.2 Å². The monoisotopic (exact) mass is 604 g/mol. The highest BCUT2D eigenvalue weighted by molar-refractivity contribution is 6.13. The van der Waals surface area contributed by atoms with Crippen molar-refractivity contribution >= 4 is 27.5 Å². The van der Waals surface area contributed by atoms with Gasteiger partial charge < -0.3 is 9.15 Å². The quantitative estimate of drug-likeness (QED) is 0.199. The van der Waals surface area contributed by atoms with E-state index in [0.29, 0.717) is 17.2 Å². The van der Waals surface area contributed by atoms with E-state index in [2.05, 4.69) is 76.7 Å². The molecule has 0 spiro atoms. The van der Waals surface area contributed by atoms with Crippen molar-refractivity contribution in [2.75, 3.05) is 0 Å². The highest BCUT2D eigenvalue weighted by atomic mass is 16.5. The minimum absolute atomic E-state index is 0.0989. The predicted octanol–water partition coefficient (Wildman–Crippen LogP) is 9.58. The van der Waals surface area contributed by atoms with Crippen LogP contribution >= 0.6 is 0 Å². The van der Waals surface area contributed by atoms with Crippen LogP contribution < -0.4 is 4.74 Å². The molecule has 2 bridgehead atoms. The number of fused-ring (bicyclic) bond motifs is 6. The van der Waals surface area contributed by atoms with Gasteiger partial charge in [0.05, 0.1) is 11.6 Å². The summed E-state index contributed by atoms with van der Waals surface area (Å²) in [5, 5.41) is 11.3. The number of nitriles is 1. The van der Waals surface area contributed by atoms with Gasteiger partial charge in [-0.2, -0.15) is 5.26 Å². The van der Waals surface area contributed by atoms with Gasteiger partial charge in [-0.15, -0.1) is 0 Å². The van der Waals surface area contributed by atoms with Gasteiger partial charge in [0, 0.05) is 38.6 Å². The Labute approximate surface area is 270 Å². The van der Waals surface area contributed by atoms with E-state index >= 15 is 0 Å². The highest BCUT2D eigenvalue weighted by Gasteiger charge is 2.21. The molecule has 6 heteroatoms. The summed E-state index contributed by atoms with van der Waals surface area (Å²) in [6.45, 7) is 0. The first-order valence-electron chi connectivity index (χ1n) is 15.3. The van der Waals surface area contributed by atoms with E-state index in [9.17, 15) is 5.26 Å². The van der Waals surface area contributed by atoms with Crippen LogP contribution in [0.15, 0.2) is 144 Å². The van der Waals surface area contributed by atoms with Crippen LogP contribution in [-0.4, -0.2) is 21.1 Å². The van der Waals surface area contributed by atoms with Crippen molar-refractivity contribution in [2.45, 2.75) is 6.10 Å². The third kappa shape index (κ3) is 4.61. The van der Waals surface area contributed by atoms with E-state index in [1.165, 1.54) is 0 Å². The lowest BCUT2D eigenvalue weighted by Crippen LogP contribution is -2.15. The SMILES string of the molecule is N#Cc1ccc(-c2cccc3c2oc2c(-c4cccc(-c5ncnc(-c6ccc7c(c6)OC6C=CC=CC7=C6)n5)c4)cccc23)cc1. The summed E-state index contributed by atoms with van der Waals surface area (Å²) in [4.78, 5) is 13.9. The summed E-state index contributed by atoms with van der Waals surface area (Å²) in [6, 6.07) is 36.5. The minimum Gasteiger partial charge on any atom is -0.482 e. The Balaban J connectivity index is 1.09. The normalized spacial score (nSPS) is 14.7. The largest absolute Gasteiger partial charge is 0.482 e. The Kier molecular flexibility index (Phi) is 6.15. The van der Waals surface area contributed by atoms with Gasteiger partial charge in [0.1, 0.15) is 29.3 Å². The Morgan fingerprint density at radius 3 is 2.09 bits per heavy atom. The Hall–Kier alpha value is -6.58. The van der Waals surface area contributed by atoms with E-state index in [4.69, 9.17) is 14.1 Å². The standard InChI is InChI=1S/C41H24N4O2/c42-23-25-14-16-26(17-15-25)33-10-4-12-35-36-13-5-11-34(39(36)47-38(33)35)27-7-3-8-29(20-27)40-43-24-44-41(45-40)30-18-19-32-28-6-1-2-9-31(21-28)46-37(32)22-30/h1-22,24,31H. The van der Waals surface area contributed by atoms with Crippen LogP contribution in [0, 0.1) is 11.3 Å². The summed E-state index contributed by atoms with van der Waals surface area (Å²) in [6.07, 6.45) is 11.8. The summed E-state index contributed by atoms with van der Waals surface area (Å²) in [7, 11) is 0. The predicted molar refractivity (Wildman–Crippen MR) is 184 cm³/mol. The zero-order chi connectivity index (χ0) is 31.3. The van der Waals surface area contributed by atoms with Crippen molar-refractivity contribution in [3.8, 4) is 56.8 Å².